The van der Waals surface area contributed by atoms with Crippen LogP contribution in [0.3, 0.4) is 0 Å². The molecule has 2 aromatic carbocycles. The lowest BCUT2D eigenvalue weighted by Crippen LogP contribution is -2.54. The van der Waals surface area contributed by atoms with Crippen LogP contribution in [0.4, 0.5) is 0 Å². The zero-order valence-electron chi connectivity index (χ0n) is 18.6. The molecule has 4 aliphatic carbocycles. The molecule has 0 radical (unpaired) electrons. The lowest BCUT2D eigenvalue weighted by molar-refractivity contribution is -0.220. The summed E-state index contributed by atoms with van der Waals surface area (Å²) in [6.07, 6.45) is 9.17. The van der Waals surface area contributed by atoms with Crippen LogP contribution < -0.4 is 4.74 Å². The van der Waals surface area contributed by atoms with Crippen LogP contribution in [0.25, 0.3) is 0 Å². The first-order valence-corrected chi connectivity index (χ1v) is 12.1. The van der Waals surface area contributed by atoms with Crippen LogP contribution in [0, 0.1) is 23.2 Å². The molecule has 0 aliphatic heterocycles. The van der Waals surface area contributed by atoms with Crippen molar-refractivity contribution in [3.8, 4) is 5.75 Å². The standard InChI is InChI=1S/C28H36O2/c1-3-20(2)25-9-11-26(12-10-25)30-27(29-19-21-7-5-4-6-8-21)28-16-22-13-23(17-28)15-24(14-22)18-28/h4-12,20,22-24,27H,3,13-19H2,1-2H3. The minimum absolute atomic E-state index is 0.152. The Morgan fingerprint density at radius 1 is 0.867 bits per heavy atom. The summed E-state index contributed by atoms with van der Waals surface area (Å²) in [5.41, 5.74) is 2.81. The first kappa shape index (κ1) is 20.1. The van der Waals surface area contributed by atoms with Crippen molar-refractivity contribution in [1.29, 1.82) is 0 Å². The molecular formula is C28H36O2. The zero-order valence-corrected chi connectivity index (χ0v) is 18.6. The van der Waals surface area contributed by atoms with Gasteiger partial charge in [-0.25, -0.2) is 0 Å². The van der Waals surface area contributed by atoms with E-state index in [2.05, 4.69) is 68.4 Å². The van der Waals surface area contributed by atoms with E-state index in [1.807, 2.05) is 0 Å². The maximum Gasteiger partial charge on any atom is 0.205 e. The Morgan fingerprint density at radius 2 is 1.47 bits per heavy atom. The highest BCUT2D eigenvalue weighted by Crippen LogP contribution is 2.62. The van der Waals surface area contributed by atoms with Crippen molar-refractivity contribution in [3.63, 3.8) is 0 Å². The third-order valence-electron chi connectivity index (χ3n) is 8.13. The van der Waals surface area contributed by atoms with Gasteiger partial charge in [-0.2, -0.15) is 0 Å². The molecule has 2 nitrogen and oxygen atoms in total. The molecule has 2 heteroatoms. The number of ether oxygens (including phenoxy) is 2. The minimum Gasteiger partial charge on any atom is -0.464 e. The van der Waals surface area contributed by atoms with Crippen LogP contribution >= 0.6 is 0 Å². The van der Waals surface area contributed by atoms with E-state index in [4.69, 9.17) is 9.47 Å². The van der Waals surface area contributed by atoms with E-state index in [0.29, 0.717) is 12.5 Å². The van der Waals surface area contributed by atoms with Gasteiger partial charge in [0.1, 0.15) is 5.75 Å². The highest BCUT2D eigenvalue weighted by Gasteiger charge is 2.55. The molecule has 30 heavy (non-hydrogen) atoms. The van der Waals surface area contributed by atoms with E-state index in [9.17, 15) is 0 Å². The molecule has 0 amide bonds. The van der Waals surface area contributed by atoms with Gasteiger partial charge < -0.3 is 9.47 Å². The Morgan fingerprint density at radius 3 is 2.03 bits per heavy atom. The smallest absolute Gasteiger partial charge is 0.205 e. The first-order valence-electron chi connectivity index (χ1n) is 12.1. The van der Waals surface area contributed by atoms with E-state index >= 15 is 0 Å². The van der Waals surface area contributed by atoms with Crippen LogP contribution in [-0.4, -0.2) is 6.29 Å². The average Bonchev–Trinajstić information content (AvgIpc) is 2.76. The summed E-state index contributed by atoms with van der Waals surface area (Å²) >= 11 is 0. The van der Waals surface area contributed by atoms with Gasteiger partial charge in [-0.05, 0) is 91.9 Å². The van der Waals surface area contributed by atoms with Crippen molar-refractivity contribution in [3.05, 3.63) is 65.7 Å². The molecule has 6 rings (SSSR count). The summed E-state index contributed by atoms with van der Waals surface area (Å²) in [6.45, 7) is 5.16. The molecule has 2 atom stereocenters. The van der Waals surface area contributed by atoms with Gasteiger partial charge in [0.2, 0.25) is 6.29 Å². The van der Waals surface area contributed by atoms with Crippen molar-refractivity contribution in [1.82, 2.24) is 0 Å². The third kappa shape index (κ3) is 4.04. The lowest BCUT2D eigenvalue weighted by atomic mass is 9.49. The monoisotopic (exact) mass is 404 g/mol. The summed E-state index contributed by atoms with van der Waals surface area (Å²) in [4.78, 5) is 0. The Labute approximate surface area is 182 Å². The molecular weight excluding hydrogens is 368 g/mol. The normalized spacial score (nSPS) is 31.5. The quantitative estimate of drug-likeness (QED) is 0.429. The maximum absolute atomic E-state index is 6.67. The second kappa shape index (κ2) is 8.38. The molecule has 2 unspecified atom stereocenters. The van der Waals surface area contributed by atoms with E-state index in [-0.39, 0.29) is 11.7 Å². The van der Waals surface area contributed by atoms with Gasteiger partial charge in [0.15, 0.2) is 0 Å². The molecule has 0 saturated heterocycles. The molecule has 4 fully saturated rings. The van der Waals surface area contributed by atoms with E-state index in [1.165, 1.54) is 49.7 Å². The Hall–Kier alpha value is -1.80. The van der Waals surface area contributed by atoms with Gasteiger partial charge in [0, 0.05) is 5.41 Å². The Bertz CT molecular complexity index is 790. The summed E-state index contributed by atoms with van der Waals surface area (Å²) in [7, 11) is 0. The van der Waals surface area contributed by atoms with Crippen molar-refractivity contribution in [2.75, 3.05) is 0 Å². The van der Waals surface area contributed by atoms with Gasteiger partial charge in [0.25, 0.3) is 0 Å². The van der Waals surface area contributed by atoms with Crippen molar-refractivity contribution < 1.29 is 9.47 Å². The summed E-state index contributed by atoms with van der Waals surface area (Å²) in [6, 6.07) is 19.3. The Kier molecular flexibility index (Phi) is 5.62. The molecule has 4 aliphatic rings. The fourth-order valence-electron chi connectivity index (χ4n) is 6.78. The van der Waals surface area contributed by atoms with E-state index < -0.39 is 0 Å². The second-order valence-electron chi connectivity index (χ2n) is 10.4. The van der Waals surface area contributed by atoms with Crippen LogP contribution in [0.1, 0.15) is 75.8 Å². The lowest BCUT2D eigenvalue weighted by Gasteiger charge is -2.58. The molecule has 4 bridgehead atoms. The van der Waals surface area contributed by atoms with Crippen LogP contribution in [-0.2, 0) is 11.3 Å². The summed E-state index contributed by atoms with van der Waals surface area (Å²) < 4.78 is 13.3. The first-order chi connectivity index (χ1) is 14.6. The van der Waals surface area contributed by atoms with Gasteiger partial charge >= 0.3 is 0 Å². The van der Waals surface area contributed by atoms with Crippen molar-refractivity contribution >= 4 is 0 Å². The van der Waals surface area contributed by atoms with Crippen LogP contribution in [0.15, 0.2) is 54.6 Å². The predicted molar refractivity (Wildman–Crippen MR) is 121 cm³/mol. The number of hydrogen-bond acceptors (Lipinski definition) is 2. The van der Waals surface area contributed by atoms with Gasteiger partial charge in [-0.1, -0.05) is 56.3 Å². The highest BCUT2D eigenvalue weighted by atomic mass is 16.7. The predicted octanol–water partition coefficient (Wildman–Crippen LogP) is 7.34. The number of hydrogen-bond donors (Lipinski definition) is 0. The van der Waals surface area contributed by atoms with E-state index in [1.54, 1.807) is 0 Å². The largest absolute Gasteiger partial charge is 0.464 e. The second-order valence-corrected chi connectivity index (χ2v) is 10.4. The average molecular weight is 405 g/mol. The van der Waals surface area contributed by atoms with Gasteiger partial charge in [0.05, 0.1) is 6.61 Å². The molecule has 160 valence electrons. The number of rotatable bonds is 8. The zero-order chi connectivity index (χ0) is 20.6. The molecule has 0 N–H and O–H groups in total. The summed E-state index contributed by atoms with van der Waals surface area (Å²) in [5, 5.41) is 0. The van der Waals surface area contributed by atoms with Crippen molar-refractivity contribution in [2.45, 2.75) is 77.6 Å². The fraction of sp³-hybridized carbons (Fsp3) is 0.571. The molecule has 0 heterocycles. The van der Waals surface area contributed by atoms with E-state index in [0.717, 1.165) is 29.9 Å². The minimum atomic E-state index is -0.152. The SMILES string of the molecule is CCC(C)c1ccc(OC(OCc2ccccc2)C23CC4CC(CC(C4)C2)C3)cc1. The molecule has 0 aromatic heterocycles. The number of benzene rings is 2. The molecule has 2 aromatic rings. The Balaban J connectivity index is 1.37. The third-order valence-corrected chi connectivity index (χ3v) is 8.13. The summed E-state index contributed by atoms with van der Waals surface area (Å²) in [5.74, 6) is 4.20. The van der Waals surface area contributed by atoms with Gasteiger partial charge in [-0.15, -0.1) is 0 Å². The molecule has 4 saturated carbocycles. The van der Waals surface area contributed by atoms with Gasteiger partial charge in [-0.3, -0.25) is 0 Å². The van der Waals surface area contributed by atoms with Crippen LogP contribution in [0.2, 0.25) is 0 Å². The molecule has 0 spiro atoms. The topological polar surface area (TPSA) is 18.5 Å². The van der Waals surface area contributed by atoms with Crippen LogP contribution in [0.5, 0.6) is 5.75 Å². The highest BCUT2D eigenvalue weighted by molar-refractivity contribution is 5.29. The van der Waals surface area contributed by atoms with Crippen molar-refractivity contribution in [2.24, 2.45) is 23.2 Å². The fourth-order valence-corrected chi connectivity index (χ4v) is 6.78. The maximum atomic E-state index is 6.67.